The number of nitrogens with zero attached hydrogens (tertiary/aromatic N) is 3. The molecule has 1 aliphatic heterocycles. The molecule has 27 heavy (non-hydrogen) atoms. The van der Waals surface area contributed by atoms with Gasteiger partial charge >= 0.3 is 0 Å². The van der Waals surface area contributed by atoms with Crippen LogP contribution in [0.5, 0.6) is 0 Å². The normalized spacial score (nSPS) is 14.0. The summed E-state index contributed by atoms with van der Waals surface area (Å²) in [4.78, 5) is 27.0. The lowest BCUT2D eigenvalue weighted by atomic mass is 10.2. The topological polar surface area (TPSA) is 76.5 Å². The molecule has 2 heterocycles. The van der Waals surface area contributed by atoms with Gasteiger partial charge in [-0.15, -0.1) is 0 Å². The average Bonchev–Trinajstić information content (AvgIpc) is 3.04. The number of fused-ring (bicyclic) bond motifs is 1. The van der Waals surface area contributed by atoms with Gasteiger partial charge in [0.1, 0.15) is 5.69 Å². The van der Waals surface area contributed by atoms with Crippen molar-refractivity contribution in [3.63, 3.8) is 0 Å². The molecule has 0 radical (unpaired) electrons. The third kappa shape index (κ3) is 4.87. The minimum absolute atomic E-state index is 0.117. The van der Waals surface area contributed by atoms with Gasteiger partial charge in [-0.25, -0.2) is 0 Å². The summed E-state index contributed by atoms with van der Waals surface area (Å²) in [6.07, 6.45) is 1.51. The second kappa shape index (κ2) is 9.01. The van der Waals surface area contributed by atoms with Gasteiger partial charge in [0.25, 0.3) is 11.8 Å². The Balaban J connectivity index is 1.69. The first-order valence-electron chi connectivity index (χ1n) is 8.97. The molecule has 7 nitrogen and oxygen atoms in total. The van der Waals surface area contributed by atoms with E-state index in [0.29, 0.717) is 43.5 Å². The van der Waals surface area contributed by atoms with Crippen molar-refractivity contribution >= 4 is 23.4 Å². The number of aromatic nitrogens is 2. The summed E-state index contributed by atoms with van der Waals surface area (Å²) in [6, 6.07) is 9.03. The largest absolute Gasteiger partial charge is 0.385 e. The molecule has 1 aromatic carbocycles. The molecule has 1 N–H and O–H groups in total. The van der Waals surface area contributed by atoms with E-state index in [2.05, 4.69) is 10.4 Å². The van der Waals surface area contributed by atoms with Crippen LogP contribution in [-0.4, -0.2) is 53.3 Å². The highest BCUT2D eigenvalue weighted by Crippen LogP contribution is 2.18. The number of hydrogen-bond donors (Lipinski definition) is 1. The smallest absolute Gasteiger partial charge is 0.272 e. The summed E-state index contributed by atoms with van der Waals surface area (Å²) in [6.45, 7) is 2.84. The number of carbonyl (C=O) groups is 2. The summed E-state index contributed by atoms with van der Waals surface area (Å²) in [5, 5.41) is 7.79. The number of benzene rings is 1. The van der Waals surface area contributed by atoms with Gasteiger partial charge in [0.05, 0.1) is 0 Å². The van der Waals surface area contributed by atoms with Gasteiger partial charge in [0, 0.05) is 51.0 Å². The number of hydrogen-bond acceptors (Lipinski definition) is 4. The Labute approximate surface area is 163 Å². The van der Waals surface area contributed by atoms with Crippen LogP contribution in [-0.2, 0) is 17.8 Å². The molecular weight excluding hydrogens is 368 g/mol. The Hall–Kier alpha value is -2.38. The zero-order valence-electron chi connectivity index (χ0n) is 15.3. The molecule has 3 rings (SSSR count). The average molecular weight is 391 g/mol. The van der Waals surface area contributed by atoms with Crippen molar-refractivity contribution in [3.05, 3.63) is 52.3 Å². The third-order valence-electron chi connectivity index (χ3n) is 4.41. The first-order chi connectivity index (χ1) is 13.1. The number of aryl methyl sites for hydroxylation is 1. The number of nitrogens with one attached hydrogen (secondary N) is 1. The first-order valence-corrected chi connectivity index (χ1v) is 9.35. The van der Waals surface area contributed by atoms with Crippen molar-refractivity contribution in [1.82, 2.24) is 20.0 Å². The molecular formula is C19H23ClN4O3. The van der Waals surface area contributed by atoms with Crippen molar-refractivity contribution in [2.45, 2.75) is 25.9 Å². The van der Waals surface area contributed by atoms with Gasteiger partial charge in [0.15, 0.2) is 5.69 Å². The molecule has 2 amide bonds. The van der Waals surface area contributed by atoms with Gasteiger partial charge in [-0.1, -0.05) is 23.7 Å². The fourth-order valence-corrected chi connectivity index (χ4v) is 3.14. The molecule has 0 saturated heterocycles. The molecule has 0 aliphatic carbocycles. The first kappa shape index (κ1) is 19.4. The Morgan fingerprint density at radius 2 is 2.07 bits per heavy atom. The molecule has 1 aliphatic rings. The summed E-state index contributed by atoms with van der Waals surface area (Å²) in [7, 11) is 1.62. The molecule has 0 atom stereocenters. The standard InChI is InChI=1S/C19H23ClN4O3/c1-27-11-2-8-21-18(25)16-12-17-19(26)23(9-3-10-24(17)22-16)13-14-4-6-15(20)7-5-14/h4-7,12H,2-3,8-11,13H2,1H3,(H,21,25). The number of halogens is 1. The second-order valence-electron chi connectivity index (χ2n) is 6.45. The fourth-order valence-electron chi connectivity index (χ4n) is 3.02. The Kier molecular flexibility index (Phi) is 6.47. The van der Waals surface area contributed by atoms with Crippen molar-refractivity contribution in [2.75, 3.05) is 26.8 Å². The molecule has 144 valence electrons. The summed E-state index contributed by atoms with van der Waals surface area (Å²) >= 11 is 5.93. The van der Waals surface area contributed by atoms with Crippen LogP contribution in [0.1, 0.15) is 39.4 Å². The van der Waals surface area contributed by atoms with Crippen LogP contribution in [0, 0.1) is 0 Å². The van der Waals surface area contributed by atoms with E-state index < -0.39 is 0 Å². The molecule has 0 fully saturated rings. The molecule has 8 heteroatoms. The Morgan fingerprint density at radius 3 is 2.81 bits per heavy atom. The highest BCUT2D eigenvalue weighted by atomic mass is 35.5. The maximum atomic E-state index is 12.9. The number of ether oxygens (including phenoxy) is 1. The Bertz CT molecular complexity index is 804. The number of amides is 2. The molecule has 0 saturated carbocycles. The van der Waals surface area contributed by atoms with Crippen LogP contribution in [0.3, 0.4) is 0 Å². The van der Waals surface area contributed by atoms with E-state index in [1.165, 1.54) is 0 Å². The molecule has 0 unspecified atom stereocenters. The lowest BCUT2D eigenvalue weighted by Crippen LogP contribution is -2.30. The SMILES string of the molecule is COCCCNC(=O)c1cc2n(n1)CCCN(Cc1ccc(Cl)cc1)C2=O. The van der Waals surface area contributed by atoms with Gasteiger partial charge in [-0.2, -0.15) is 5.10 Å². The monoisotopic (exact) mass is 390 g/mol. The van der Waals surface area contributed by atoms with Crippen molar-refractivity contribution in [1.29, 1.82) is 0 Å². The zero-order chi connectivity index (χ0) is 19.2. The predicted molar refractivity (Wildman–Crippen MR) is 102 cm³/mol. The van der Waals surface area contributed by atoms with Crippen LogP contribution in [0.25, 0.3) is 0 Å². The van der Waals surface area contributed by atoms with Crippen LogP contribution >= 0.6 is 11.6 Å². The predicted octanol–water partition coefficient (Wildman–Crippen LogP) is 2.35. The van der Waals surface area contributed by atoms with E-state index in [0.717, 1.165) is 18.4 Å². The van der Waals surface area contributed by atoms with Gasteiger partial charge < -0.3 is 15.0 Å². The minimum Gasteiger partial charge on any atom is -0.385 e. The van der Waals surface area contributed by atoms with E-state index in [-0.39, 0.29) is 17.5 Å². The Morgan fingerprint density at radius 1 is 1.30 bits per heavy atom. The van der Waals surface area contributed by atoms with Gasteiger partial charge in [-0.05, 0) is 30.5 Å². The second-order valence-corrected chi connectivity index (χ2v) is 6.88. The lowest BCUT2D eigenvalue weighted by molar-refractivity contribution is 0.0745. The van der Waals surface area contributed by atoms with Crippen molar-refractivity contribution in [2.24, 2.45) is 0 Å². The highest BCUT2D eigenvalue weighted by Gasteiger charge is 2.26. The van der Waals surface area contributed by atoms with E-state index in [4.69, 9.17) is 16.3 Å². The summed E-state index contributed by atoms with van der Waals surface area (Å²) < 4.78 is 6.60. The highest BCUT2D eigenvalue weighted by molar-refractivity contribution is 6.30. The summed E-state index contributed by atoms with van der Waals surface area (Å²) in [5.74, 6) is -0.392. The maximum absolute atomic E-state index is 12.9. The zero-order valence-corrected chi connectivity index (χ0v) is 16.0. The van der Waals surface area contributed by atoms with Crippen molar-refractivity contribution < 1.29 is 14.3 Å². The maximum Gasteiger partial charge on any atom is 0.272 e. The number of carbonyl (C=O) groups excluding carboxylic acids is 2. The van der Waals surface area contributed by atoms with E-state index in [9.17, 15) is 9.59 Å². The van der Waals surface area contributed by atoms with Crippen LogP contribution in [0.4, 0.5) is 0 Å². The quantitative estimate of drug-likeness (QED) is 0.736. The molecule has 0 bridgehead atoms. The van der Waals surface area contributed by atoms with E-state index >= 15 is 0 Å². The molecule has 2 aromatic rings. The molecule has 0 spiro atoms. The molecule has 1 aromatic heterocycles. The number of rotatable bonds is 7. The van der Waals surface area contributed by atoms with E-state index in [1.807, 2.05) is 24.3 Å². The third-order valence-corrected chi connectivity index (χ3v) is 4.67. The van der Waals surface area contributed by atoms with Crippen LogP contribution < -0.4 is 5.32 Å². The van der Waals surface area contributed by atoms with Gasteiger partial charge in [0.2, 0.25) is 0 Å². The number of methoxy groups -OCH3 is 1. The minimum atomic E-state index is -0.274. The van der Waals surface area contributed by atoms with Crippen LogP contribution in [0.2, 0.25) is 5.02 Å². The lowest BCUT2D eigenvalue weighted by Gasteiger charge is -2.20. The van der Waals surface area contributed by atoms with Crippen LogP contribution in [0.15, 0.2) is 30.3 Å². The summed E-state index contributed by atoms with van der Waals surface area (Å²) in [5.41, 5.74) is 1.73. The fraction of sp³-hybridized carbons (Fsp3) is 0.421. The van der Waals surface area contributed by atoms with E-state index in [1.54, 1.807) is 22.8 Å². The van der Waals surface area contributed by atoms with Crippen molar-refractivity contribution in [3.8, 4) is 0 Å². The van der Waals surface area contributed by atoms with Gasteiger partial charge in [-0.3, -0.25) is 14.3 Å².